The van der Waals surface area contributed by atoms with Crippen molar-refractivity contribution in [3.8, 4) is 0 Å². The fourth-order valence-electron chi connectivity index (χ4n) is 3.27. The largest absolute Gasteiger partial charge is 0.241 e. The van der Waals surface area contributed by atoms with Gasteiger partial charge in [-0.3, -0.25) is 0 Å². The van der Waals surface area contributed by atoms with Crippen molar-refractivity contribution in [2.45, 2.75) is 47.6 Å². The van der Waals surface area contributed by atoms with Crippen LogP contribution in [0, 0.1) is 23.3 Å². The molecule has 0 heterocycles. The number of hydrogen-bond donors (Lipinski definition) is 2. The smallest absolute Gasteiger partial charge is 0.208 e. The summed E-state index contributed by atoms with van der Waals surface area (Å²) >= 11 is 0. The molecule has 3 rings (SSSR count). The summed E-state index contributed by atoms with van der Waals surface area (Å²) in [5.74, 6) is -4.10. The van der Waals surface area contributed by atoms with Crippen LogP contribution in [-0.2, 0) is 20.0 Å². The highest BCUT2D eigenvalue weighted by atomic mass is 32.2. The molecule has 1 fully saturated rings. The van der Waals surface area contributed by atoms with Gasteiger partial charge in [-0.05, 0) is 49.9 Å². The Balaban J connectivity index is 1.62. The van der Waals surface area contributed by atoms with Gasteiger partial charge >= 0.3 is 0 Å². The Morgan fingerprint density at radius 1 is 0.567 bits per heavy atom. The quantitative estimate of drug-likeness (QED) is 0.641. The summed E-state index contributed by atoms with van der Waals surface area (Å²) in [5.41, 5.74) is 0. The summed E-state index contributed by atoms with van der Waals surface area (Å²) in [6.45, 7) is 0. The molecule has 0 aromatic heterocycles. The van der Waals surface area contributed by atoms with Crippen LogP contribution in [0.2, 0.25) is 0 Å². The minimum Gasteiger partial charge on any atom is -0.208 e. The first-order valence-corrected chi connectivity index (χ1v) is 11.9. The lowest BCUT2D eigenvalue weighted by Crippen LogP contribution is -2.43. The predicted molar refractivity (Wildman–Crippen MR) is 99.4 cm³/mol. The van der Waals surface area contributed by atoms with Crippen LogP contribution in [0.1, 0.15) is 25.7 Å². The Morgan fingerprint density at radius 2 is 0.833 bits per heavy atom. The van der Waals surface area contributed by atoms with E-state index < -0.39 is 65.2 Å². The molecule has 0 unspecified atom stereocenters. The van der Waals surface area contributed by atoms with Crippen molar-refractivity contribution in [2.75, 3.05) is 0 Å². The van der Waals surface area contributed by atoms with Crippen LogP contribution in [-0.4, -0.2) is 28.9 Å². The molecule has 2 N–H and O–H groups in total. The Kier molecular flexibility index (Phi) is 6.51. The first-order chi connectivity index (χ1) is 13.9. The second kappa shape index (κ2) is 8.61. The van der Waals surface area contributed by atoms with E-state index in [9.17, 15) is 34.4 Å². The number of rotatable bonds is 6. The van der Waals surface area contributed by atoms with Gasteiger partial charge in [0.25, 0.3) is 0 Å². The summed E-state index contributed by atoms with van der Waals surface area (Å²) in [5, 5.41) is 0. The van der Waals surface area contributed by atoms with Gasteiger partial charge in [-0.25, -0.2) is 43.8 Å². The van der Waals surface area contributed by atoms with Crippen LogP contribution in [0.5, 0.6) is 0 Å². The Morgan fingerprint density at radius 3 is 1.10 bits per heavy atom. The molecule has 2 aromatic carbocycles. The second-order valence-electron chi connectivity index (χ2n) is 7.00. The number of benzene rings is 2. The molecular formula is C18H18F4N2O4S2. The zero-order chi connectivity index (χ0) is 22.1. The first-order valence-electron chi connectivity index (χ1n) is 8.91. The predicted octanol–water partition coefficient (Wildman–Crippen LogP) is 2.81. The molecule has 0 saturated heterocycles. The van der Waals surface area contributed by atoms with E-state index in [1.54, 1.807) is 0 Å². The van der Waals surface area contributed by atoms with Crippen molar-refractivity contribution in [3.63, 3.8) is 0 Å². The van der Waals surface area contributed by atoms with Crippen LogP contribution in [0.15, 0.2) is 46.2 Å². The summed E-state index contributed by atoms with van der Waals surface area (Å²) in [7, 11) is -8.32. The molecular weight excluding hydrogens is 448 g/mol. The van der Waals surface area contributed by atoms with E-state index in [1.807, 2.05) is 0 Å². The summed E-state index contributed by atoms with van der Waals surface area (Å²) < 4.78 is 107. The lowest BCUT2D eigenvalue weighted by atomic mass is 9.92. The molecule has 12 heteroatoms. The van der Waals surface area contributed by atoms with E-state index in [4.69, 9.17) is 0 Å². The highest BCUT2D eigenvalue weighted by Crippen LogP contribution is 2.23. The van der Waals surface area contributed by atoms with Gasteiger partial charge in [-0.1, -0.05) is 0 Å². The normalized spacial score (nSPS) is 20.3. The summed E-state index contributed by atoms with van der Waals surface area (Å²) in [6, 6.07) is 2.78. The topological polar surface area (TPSA) is 92.3 Å². The zero-order valence-corrected chi connectivity index (χ0v) is 17.0. The van der Waals surface area contributed by atoms with E-state index in [0.29, 0.717) is 36.4 Å². The molecule has 1 aliphatic rings. The highest BCUT2D eigenvalue weighted by Gasteiger charge is 2.29. The fourth-order valence-corrected chi connectivity index (χ4v) is 5.96. The van der Waals surface area contributed by atoms with E-state index in [-0.39, 0.29) is 25.7 Å². The molecule has 1 saturated carbocycles. The lowest BCUT2D eigenvalue weighted by Gasteiger charge is -2.29. The molecule has 2 aromatic rings. The second-order valence-corrected chi connectivity index (χ2v) is 10.4. The van der Waals surface area contributed by atoms with Gasteiger partial charge < -0.3 is 0 Å². The van der Waals surface area contributed by atoms with Crippen LogP contribution in [0.3, 0.4) is 0 Å². The Hall–Kier alpha value is -2.02. The van der Waals surface area contributed by atoms with Crippen molar-refractivity contribution in [3.05, 3.63) is 59.7 Å². The number of nitrogens with one attached hydrogen (secondary N) is 2. The van der Waals surface area contributed by atoms with Crippen LogP contribution in [0.25, 0.3) is 0 Å². The number of hydrogen-bond acceptors (Lipinski definition) is 4. The molecule has 0 atom stereocenters. The Labute approximate surface area is 171 Å². The molecule has 0 radical (unpaired) electrons. The van der Waals surface area contributed by atoms with Crippen molar-refractivity contribution >= 4 is 20.0 Å². The maximum Gasteiger partial charge on any atom is 0.241 e. The van der Waals surface area contributed by atoms with Gasteiger partial charge in [0, 0.05) is 24.2 Å². The third-order valence-corrected chi connectivity index (χ3v) is 7.66. The standard InChI is InChI=1S/C18H18F4N2O4S2/c19-11-5-12(20)8-17(7-11)29(25,26)23-15-1-2-16(4-3-15)24-30(27,28)18-9-13(21)6-14(22)10-18/h5-10,15-16,23-24H,1-4H2. The molecule has 0 bridgehead atoms. The van der Waals surface area contributed by atoms with Gasteiger partial charge in [0.1, 0.15) is 23.3 Å². The first kappa shape index (κ1) is 22.7. The van der Waals surface area contributed by atoms with Crippen LogP contribution < -0.4 is 9.44 Å². The molecule has 0 spiro atoms. The minimum absolute atomic E-state index is 0.252. The third kappa shape index (κ3) is 5.56. The average molecular weight is 466 g/mol. The SMILES string of the molecule is O=S(=O)(NC1CCC(NS(=O)(=O)c2cc(F)cc(F)c2)CC1)c1cc(F)cc(F)c1. The van der Waals surface area contributed by atoms with Crippen molar-refractivity contribution in [2.24, 2.45) is 0 Å². The zero-order valence-electron chi connectivity index (χ0n) is 15.4. The maximum absolute atomic E-state index is 13.3. The van der Waals surface area contributed by atoms with Crippen molar-refractivity contribution < 1.29 is 34.4 Å². The molecule has 0 aliphatic heterocycles. The monoisotopic (exact) mass is 466 g/mol. The van der Waals surface area contributed by atoms with Crippen molar-refractivity contribution in [1.82, 2.24) is 9.44 Å². The molecule has 1 aliphatic carbocycles. The fraction of sp³-hybridized carbons (Fsp3) is 0.333. The molecule has 6 nitrogen and oxygen atoms in total. The van der Waals surface area contributed by atoms with E-state index in [1.165, 1.54) is 0 Å². The van der Waals surface area contributed by atoms with Gasteiger partial charge in [0.2, 0.25) is 20.0 Å². The molecule has 0 amide bonds. The summed E-state index contributed by atoms with van der Waals surface area (Å²) in [6.07, 6.45) is 1.01. The van der Waals surface area contributed by atoms with Gasteiger partial charge in [-0.15, -0.1) is 0 Å². The van der Waals surface area contributed by atoms with Gasteiger partial charge in [0.15, 0.2) is 0 Å². The molecule has 30 heavy (non-hydrogen) atoms. The van der Waals surface area contributed by atoms with Crippen LogP contribution >= 0.6 is 0 Å². The van der Waals surface area contributed by atoms with E-state index in [0.717, 1.165) is 0 Å². The van der Waals surface area contributed by atoms with Gasteiger partial charge in [-0.2, -0.15) is 0 Å². The Bertz CT molecular complexity index is 1020. The third-order valence-electron chi connectivity index (χ3n) is 4.66. The minimum atomic E-state index is -4.16. The van der Waals surface area contributed by atoms with E-state index in [2.05, 4.69) is 9.44 Å². The number of sulfonamides is 2. The maximum atomic E-state index is 13.3. The van der Waals surface area contributed by atoms with E-state index >= 15 is 0 Å². The van der Waals surface area contributed by atoms with Gasteiger partial charge in [0.05, 0.1) is 9.79 Å². The lowest BCUT2D eigenvalue weighted by molar-refractivity contribution is 0.355. The molecule has 164 valence electrons. The summed E-state index contributed by atoms with van der Waals surface area (Å²) in [4.78, 5) is -1.09. The highest BCUT2D eigenvalue weighted by molar-refractivity contribution is 7.89. The number of halogens is 4. The average Bonchev–Trinajstić information content (AvgIpc) is 2.61. The van der Waals surface area contributed by atoms with Crippen molar-refractivity contribution in [1.29, 1.82) is 0 Å². The van der Waals surface area contributed by atoms with Crippen LogP contribution in [0.4, 0.5) is 17.6 Å².